The van der Waals surface area contributed by atoms with E-state index >= 15 is 0 Å². The zero-order chi connectivity index (χ0) is 30.5. The van der Waals surface area contributed by atoms with Gasteiger partial charge in [-0.2, -0.15) is 0 Å². The largest absolute Gasteiger partial charge is 0.465 e. The molecule has 3 aromatic carbocycles. The summed E-state index contributed by atoms with van der Waals surface area (Å²) >= 11 is 19.0. The zero-order valence-corrected chi connectivity index (χ0v) is 26.0. The molecule has 0 bridgehead atoms. The van der Waals surface area contributed by atoms with E-state index < -0.39 is 0 Å². The molecule has 0 aliphatic carbocycles. The van der Waals surface area contributed by atoms with E-state index in [2.05, 4.69) is 10.1 Å². The first-order valence-corrected chi connectivity index (χ1v) is 14.8. The van der Waals surface area contributed by atoms with E-state index in [1.54, 1.807) is 42.2 Å². The third-order valence-corrected chi connectivity index (χ3v) is 8.31. The number of halogens is 3. The maximum Gasteiger partial charge on any atom is 0.337 e. The van der Waals surface area contributed by atoms with Gasteiger partial charge in [0.15, 0.2) is 0 Å². The van der Waals surface area contributed by atoms with Crippen molar-refractivity contribution in [1.29, 1.82) is 0 Å². The van der Waals surface area contributed by atoms with Crippen LogP contribution in [0.25, 0.3) is 11.3 Å². The minimum Gasteiger partial charge on any atom is -0.465 e. The standard InChI is InChI=1S/C32H30Cl3N3O5/c1-20-28(30(36-43-20)29-25(34)4-3-5-26(29)35)31(39)38-16-14-37(15-17-38)18-27(22-10-12-24(33)13-11-22)42-19-21-6-8-23(9-7-21)32(40)41-2/h3-13,27H,14-19H2,1-2H3/t27-/m0/s1. The highest BCUT2D eigenvalue weighted by Crippen LogP contribution is 2.37. The molecule has 1 fully saturated rings. The lowest BCUT2D eigenvalue weighted by atomic mass is 10.0. The SMILES string of the molecule is COC(=O)c1ccc(CO[C@@H](CN2CCN(C(=O)c3c(-c4c(Cl)cccc4Cl)noc3C)CC2)c2ccc(Cl)cc2)cc1. The number of esters is 1. The number of benzene rings is 3. The van der Waals surface area contributed by atoms with Gasteiger partial charge < -0.3 is 18.9 Å². The summed E-state index contributed by atoms with van der Waals surface area (Å²) in [6, 6.07) is 19.9. The van der Waals surface area contributed by atoms with Gasteiger partial charge in [0.2, 0.25) is 0 Å². The van der Waals surface area contributed by atoms with Crippen LogP contribution in [0.15, 0.2) is 71.3 Å². The van der Waals surface area contributed by atoms with Crippen LogP contribution in [0.4, 0.5) is 0 Å². The maximum atomic E-state index is 13.7. The molecule has 1 aromatic heterocycles. The second kappa shape index (κ2) is 13.9. The lowest BCUT2D eigenvalue weighted by Crippen LogP contribution is -2.49. The minimum absolute atomic E-state index is 0.176. The summed E-state index contributed by atoms with van der Waals surface area (Å²) in [5, 5.41) is 5.57. The van der Waals surface area contributed by atoms with E-state index in [-0.39, 0.29) is 18.0 Å². The van der Waals surface area contributed by atoms with Gasteiger partial charge >= 0.3 is 5.97 Å². The van der Waals surface area contributed by atoms with Crippen molar-refractivity contribution in [3.05, 3.63) is 110 Å². The van der Waals surface area contributed by atoms with Crippen molar-refractivity contribution < 1.29 is 23.6 Å². The first kappa shape index (κ1) is 31.0. The van der Waals surface area contributed by atoms with Gasteiger partial charge in [-0.25, -0.2) is 4.79 Å². The second-order valence-corrected chi connectivity index (χ2v) is 11.4. The van der Waals surface area contributed by atoms with E-state index in [0.717, 1.165) is 11.1 Å². The number of piperazine rings is 1. The molecule has 1 aliphatic rings. The predicted octanol–water partition coefficient (Wildman–Crippen LogP) is 7.11. The number of methoxy groups -OCH3 is 1. The molecule has 224 valence electrons. The molecule has 4 aromatic rings. The van der Waals surface area contributed by atoms with Crippen LogP contribution in [0.1, 0.15) is 43.7 Å². The summed E-state index contributed by atoms with van der Waals surface area (Å²) in [6.07, 6.45) is -0.242. The molecule has 1 atom stereocenters. The average Bonchev–Trinajstić information content (AvgIpc) is 3.40. The molecular formula is C32H30Cl3N3O5. The predicted molar refractivity (Wildman–Crippen MR) is 166 cm³/mol. The molecule has 0 unspecified atom stereocenters. The maximum absolute atomic E-state index is 13.7. The molecule has 2 heterocycles. The van der Waals surface area contributed by atoms with Crippen molar-refractivity contribution in [1.82, 2.24) is 15.0 Å². The highest BCUT2D eigenvalue weighted by molar-refractivity contribution is 6.39. The quantitative estimate of drug-likeness (QED) is 0.180. The van der Waals surface area contributed by atoms with E-state index in [9.17, 15) is 9.59 Å². The summed E-state index contributed by atoms with van der Waals surface area (Å²) in [4.78, 5) is 29.5. The van der Waals surface area contributed by atoms with Crippen LogP contribution in [0.5, 0.6) is 0 Å². The topological polar surface area (TPSA) is 85.1 Å². The van der Waals surface area contributed by atoms with Crippen molar-refractivity contribution in [3.63, 3.8) is 0 Å². The molecule has 43 heavy (non-hydrogen) atoms. The van der Waals surface area contributed by atoms with Gasteiger partial charge in [0, 0.05) is 43.3 Å². The molecule has 8 nitrogen and oxygen atoms in total. The van der Waals surface area contributed by atoms with Crippen molar-refractivity contribution >= 4 is 46.7 Å². The molecular weight excluding hydrogens is 613 g/mol. The van der Waals surface area contributed by atoms with Crippen molar-refractivity contribution in [2.45, 2.75) is 19.6 Å². The first-order valence-electron chi connectivity index (χ1n) is 13.7. The number of aryl methyl sites for hydroxylation is 1. The molecule has 0 N–H and O–H groups in total. The van der Waals surface area contributed by atoms with Gasteiger partial charge in [0.1, 0.15) is 17.0 Å². The monoisotopic (exact) mass is 641 g/mol. The smallest absolute Gasteiger partial charge is 0.337 e. The molecule has 1 amide bonds. The minimum atomic E-state index is -0.382. The van der Waals surface area contributed by atoms with Crippen LogP contribution in [0.2, 0.25) is 15.1 Å². The number of hydrogen-bond donors (Lipinski definition) is 0. The molecule has 5 rings (SSSR count). The fourth-order valence-corrected chi connectivity index (χ4v) is 5.73. The van der Waals surface area contributed by atoms with Crippen molar-refractivity contribution in [3.8, 4) is 11.3 Å². The fraction of sp³-hybridized carbons (Fsp3) is 0.281. The van der Waals surface area contributed by atoms with E-state index in [1.807, 2.05) is 36.4 Å². The first-order chi connectivity index (χ1) is 20.7. The molecule has 0 radical (unpaired) electrons. The van der Waals surface area contributed by atoms with Gasteiger partial charge in [-0.15, -0.1) is 0 Å². The van der Waals surface area contributed by atoms with Crippen LogP contribution in [0, 0.1) is 6.92 Å². The molecule has 0 saturated carbocycles. The molecule has 1 saturated heterocycles. The Morgan fingerprint density at radius 3 is 2.21 bits per heavy atom. The Labute approximate surface area is 265 Å². The van der Waals surface area contributed by atoms with Crippen molar-refractivity contribution in [2.24, 2.45) is 0 Å². The van der Waals surface area contributed by atoms with Gasteiger partial charge in [-0.3, -0.25) is 9.69 Å². The summed E-state index contributed by atoms with van der Waals surface area (Å²) in [5.41, 5.74) is 3.60. The summed E-state index contributed by atoms with van der Waals surface area (Å²) < 4.78 is 16.6. The summed E-state index contributed by atoms with van der Waals surface area (Å²) in [5.74, 6) is -0.147. The average molecular weight is 643 g/mol. The second-order valence-electron chi connectivity index (χ2n) is 10.2. The van der Waals surface area contributed by atoms with Crippen LogP contribution in [-0.2, 0) is 16.1 Å². The zero-order valence-electron chi connectivity index (χ0n) is 23.7. The Hall–Kier alpha value is -3.40. The summed E-state index contributed by atoms with van der Waals surface area (Å²) in [7, 11) is 1.36. The Balaban J connectivity index is 1.25. The summed E-state index contributed by atoms with van der Waals surface area (Å²) in [6.45, 7) is 5.02. The van der Waals surface area contributed by atoms with Crippen LogP contribution in [0.3, 0.4) is 0 Å². The number of hydrogen-bond acceptors (Lipinski definition) is 7. The van der Waals surface area contributed by atoms with E-state index in [4.69, 9.17) is 48.8 Å². The Bertz CT molecular complexity index is 1560. The number of aromatic nitrogens is 1. The fourth-order valence-electron chi connectivity index (χ4n) is 5.03. The third-order valence-electron chi connectivity index (χ3n) is 7.43. The van der Waals surface area contributed by atoms with Crippen LogP contribution >= 0.6 is 34.8 Å². The molecule has 1 aliphatic heterocycles. The Morgan fingerprint density at radius 2 is 1.58 bits per heavy atom. The number of amides is 1. The number of nitrogens with zero attached hydrogens (tertiary/aromatic N) is 3. The van der Waals surface area contributed by atoms with Crippen molar-refractivity contribution in [2.75, 3.05) is 39.8 Å². The normalized spacial score (nSPS) is 14.5. The van der Waals surface area contributed by atoms with Gasteiger partial charge in [0.05, 0.1) is 35.4 Å². The lowest BCUT2D eigenvalue weighted by molar-refractivity contribution is 0.00340. The van der Waals surface area contributed by atoms with E-state index in [1.165, 1.54) is 7.11 Å². The Kier molecular flexibility index (Phi) is 10.1. The highest BCUT2D eigenvalue weighted by atomic mass is 35.5. The van der Waals surface area contributed by atoms with Gasteiger partial charge in [0.25, 0.3) is 5.91 Å². The van der Waals surface area contributed by atoms with Gasteiger partial charge in [-0.1, -0.05) is 70.3 Å². The number of carbonyl (C=O) groups excluding carboxylic acids is 2. The number of carbonyl (C=O) groups is 2. The van der Waals surface area contributed by atoms with E-state index in [0.29, 0.717) is 82.5 Å². The Morgan fingerprint density at radius 1 is 0.930 bits per heavy atom. The third kappa shape index (κ3) is 7.22. The van der Waals surface area contributed by atoms with Crippen LogP contribution in [-0.4, -0.2) is 66.7 Å². The molecule has 11 heteroatoms. The molecule has 0 spiro atoms. The van der Waals surface area contributed by atoms with Gasteiger partial charge in [-0.05, 0) is 54.4 Å². The number of rotatable bonds is 9. The van der Waals surface area contributed by atoms with Crippen LogP contribution < -0.4 is 0 Å². The number of ether oxygens (including phenoxy) is 2. The lowest BCUT2D eigenvalue weighted by Gasteiger charge is -2.36. The highest BCUT2D eigenvalue weighted by Gasteiger charge is 2.31.